The van der Waals surface area contributed by atoms with Crippen molar-refractivity contribution in [3.63, 3.8) is 0 Å². The van der Waals surface area contributed by atoms with Gasteiger partial charge in [0.1, 0.15) is 10.7 Å². The van der Waals surface area contributed by atoms with E-state index >= 15 is 0 Å². The molecule has 0 atom stereocenters. The molecule has 1 aromatic carbocycles. The van der Waals surface area contributed by atoms with E-state index in [9.17, 15) is 28.0 Å². The fourth-order valence-electron chi connectivity index (χ4n) is 4.65. The van der Waals surface area contributed by atoms with Crippen LogP contribution in [0.3, 0.4) is 0 Å². The standard InChI is InChI=1S/C29H23F3N2O3S/c1-2-37-25(35)14-12-20-9-7-19(8-10-20)11-13-23-26(38)34(27(36)28(23)15-4-16-28)22-6-3-5-21(18-33)24(17-22)29(30,31)32/h7-10,12-14,17H,2,4-5,11,15-16H2,1H3/b14-12+,23-13+. The molecule has 2 fully saturated rings. The number of amides is 1. The summed E-state index contributed by atoms with van der Waals surface area (Å²) in [4.78, 5) is 26.3. The van der Waals surface area contributed by atoms with E-state index in [2.05, 4.69) is 11.8 Å². The van der Waals surface area contributed by atoms with E-state index in [0.29, 0.717) is 31.4 Å². The average Bonchev–Trinajstić information content (AvgIpc) is 2.97. The molecule has 1 heterocycles. The lowest BCUT2D eigenvalue weighted by molar-refractivity contribution is -0.137. The summed E-state index contributed by atoms with van der Waals surface area (Å²) < 4.78 is 46.0. The maximum Gasteiger partial charge on any atom is 0.417 e. The van der Waals surface area contributed by atoms with Crippen LogP contribution in [-0.4, -0.2) is 34.5 Å². The monoisotopic (exact) mass is 536 g/mol. The molecule has 1 aromatic rings. The van der Waals surface area contributed by atoms with Crippen LogP contribution < -0.4 is 0 Å². The number of carbonyl (C=O) groups excluding carboxylic acids is 2. The van der Waals surface area contributed by atoms with Crippen LogP contribution in [0.15, 0.2) is 64.9 Å². The number of ether oxygens (including phenoxy) is 1. The number of carbonyl (C=O) groups is 2. The minimum Gasteiger partial charge on any atom is -0.463 e. The fraction of sp³-hybridized carbons (Fsp3) is 0.310. The molecular formula is C29H23F3N2O3S. The summed E-state index contributed by atoms with van der Waals surface area (Å²) in [5.74, 6) is 4.41. The molecule has 3 aliphatic rings. The van der Waals surface area contributed by atoms with Crippen molar-refractivity contribution in [2.45, 2.75) is 45.2 Å². The minimum atomic E-state index is -4.78. The predicted molar refractivity (Wildman–Crippen MR) is 139 cm³/mol. The SMILES string of the molecule is CCOC(=O)/C=C/c1ccc(C/C=C2\C(=S)N(C3=CC(C(F)(F)F)=C(C#N)CC#C3)C(=O)C23CCC3)cc1. The molecule has 4 rings (SSSR count). The summed E-state index contributed by atoms with van der Waals surface area (Å²) in [6, 6.07) is 9.04. The van der Waals surface area contributed by atoms with Crippen molar-refractivity contribution in [1.29, 1.82) is 5.26 Å². The van der Waals surface area contributed by atoms with Crippen molar-refractivity contribution in [2.75, 3.05) is 6.61 Å². The molecule has 1 amide bonds. The van der Waals surface area contributed by atoms with Gasteiger partial charge >= 0.3 is 12.1 Å². The second kappa shape index (κ2) is 10.8. The molecule has 0 unspecified atom stereocenters. The Labute approximate surface area is 223 Å². The van der Waals surface area contributed by atoms with Gasteiger partial charge in [-0.1, -0.05) is 54.9 Å². The van der Waals surface area contributed by atoms with Gasteiger partial charge < -0.3 is 4.74 Å². The molecule has 0 aromatic heterocycles. The normalized spacial score (nSPS) is 19.7. The number of hydrogen-bond acceptors (Lipinski definition) is 5. The zero-order valence-corrected chi connectivity index (χ0v) is 21.3. The number of alkyl halides is 3. The zero-order valence-electron chi connectivity index (χ0n) is 20.5. The first-order chi connectivity index (χ1) is 18.1. The summed E-state index contributed by atoms with van der Waals surface area (Å²) >= 11 is 5.63. The van der Waals surface area contributed by atoms with Crippen LogP contribution in [0.4, 0.5) is 13.2 Å². The van der Waals surface area contributed by atoms with E-state index in [1.165, 1.54) is 6.08 Å². The molecule has 5 nitrogen and oxygen atoms in total. The average molecular weight is 537 g/mol. The number of thiocarbonyl (C=S) groups is 1. The van der Waals surface area contributed by atoms with E-state index < -0.39 is 28.7 Å². The number of halogens is 3. The Morgan fingerprint density at radius 2 is 2.00 bits per heavy atom. The predicted octanol–water partition coefficient (Wildman–Crippen LogP) is 5.75. The van der Waals surface area contributed by atoms with E-state index in [4.69, 9.17) is 17.0 Å². The van der Waals surface area contributed by atoms with Crippen LogP contribution in [0, 0.1) is 28.6 Å². The van der Waals surface area contributed by atoms with Gasteiger partial charge in [-0.2, -0.15) is 18.4 Å². The molecule has 1 saturated carbocycles. The van der Waals surface area contributed by atoms with Crippen molar-refractivity contribution < 1.29 is 27.5 Å². The maximum absolute atomic E-state index is 13.7. The van der Waals surface area contributed by atoms with Crippen LogP contribution >= 0.6 is 12.2 Å². The smallest absolute Gasteiger partial charge is 0.417 e. The third-order valence-electron chi connectivity index (χ3n) is 6.76. The summed E-state index contributed by atoms with van der Waals surface area (Å²) in [6.07, 6.45) is 2.86. The Hall–Kier alpha value is -3.95. The lowest BCUT2D eigenvalue weighted by Crippen LogP contribution is -2.39. The topological polar surface area (TPSA) is 70.4 Å². The second-order valence-corrected chi connectivity index (χ2v) is 9.43. The van der Waals surface area contributed by atoms with Gasteiger partial charge in [-0.15, -0.1) is 0 Å². The van der Waals surface area contributed by atoms with Crippen LogP contribution in [-0.2, 0) is 20.7 Å². The number of esters is 1. The Bertz CT molecular complexity index is 1410. The molecule has 194 valence electrons. The number of hydrogen-bond donors (Lipinski definition) is 0. The lowest BCUT2D eigenvalue weighted by atomic mass is 9.65. The Morgan fingerprint density at radius 3 is 2.58 bits per heavy atom. The van der Waals surface area contributed by atoms with Gasteiger partial charge in [0.2, 0.25) is 5.91 Å². The van der Waals surface area contributed by atoms with Crippen LogP contribution in [0.2, 0.25) is 0 Å². The van der Waals surface area contributed by atoms with E-state index in [0.717, 1.165) is 28.5 Å². The Morgan fingerprint density at radius 1 is 1.29 bits per heavy atom. The number of benzene rings is 1. The molecule has 38 heavy (non-hydrogen) atoms. The molecule has 1 aliphatic heterocycles. The largest absolute Gasteiger partial charge is 0.463 e. The van der Waals surface area contributed by atoms with Gasteiger partial charge in [0.25, 0.3) is 0 Å². The highest BCUT2D eigenvalue weighted by Gasteiger charge is 2.57. The van der Waals surface area contributed by atoms with Crippen molar-refractivity contribution in [3.8, 4) is 17.9 Å². The van der Waals surface area contributed by atoms with Gasteiger partial charge in [0, 0.05) is 12.5 Å². The molecular weight excluding hydrogens is 513 g/mol. The molecule has 0 bridgehead atoms. The number of rotatable bonds is 6. The Kier molecular flexibility index (Phi) is 7.71. The van der Waals surface area contributed by atoms with E-state index in [1.54, 1.807) is 19.1 Å². The van der Waals surface area contributed by atoms with Crippen molar-refractivity contribution in [1.82, 2.24) is 4.90 Å². The van der Waals surface area contributed by atoms with E-state index in [1.807, 2.05) is 30.3 Å². The van der Waals surface area contributed by atoms with Crippen LogP contribution in [0.5, 0.6) is 0 Å². The van der Waals surface area contributed by atoms with Gasteiger partial charge in [-0.3, -0.25) is 9.69 Å². The number of nitrogens with zero attached hydrogens (tertiary/aromatic N) is 2. The highest BCUT2D eigenvalue weighted by atomic mass is 32.1. The van der Waals surface area contributed by atoms with Crippen molar-refractivity contribution in [3.05, 3.63) is 76.0 Å². The summed E-state index contributed by atoms with van der Waals surface area (Å²) in [5.41, 5.74) is -0.276. The van der Waals surface area contributed by atoms with Gasteiger partial charge in [-0.05, 0) is 61.0 Å². The van der Waals surface area contributed by atoms with Gasteiger partial charge in [-0.25, -0.2) is 4.79 Å². The number of likely N-dealkylation sites (tertiary alicyclic amines) is 1. The quantitative estimate of drug-likeness (QED) is 0.201. The third kappa shape index (κ3) is 5.20. The molecule has 0 N–H and O–H groups in total. The maximum atomic E-state index is 13.7. The van der Waals surface area contributed by atoms with Crippen molar-refractivity contribution in [2.24, 2.45) is 5.41 Å². The van der Waals surface area contributed by atoms with Crippen LogP contribution in [0.25, 0.3) is 6.08 Å². The number of nitriles is 1. The first-order valence-corrected chi connectivity index (χ1v) is 12.5. The zero-order chi connectivity index (χ0) is 27.5. The summed E-state index contributed by atoms with van der Waals surface area (Å²) in [5, 5.41) is 9.20. The highest BCUT2D eigenvalue weighted by molar-refractivity contribution is 7.80. The second-order valence-electron chi connectivity index (χ2n) is 9.04. The fourth-order valence-corrected chi connectivity index (χ4v) is 5.11. The molecule has 1 spiro atoms. The molecule has 1 saturated heterocycles. The molecule has 9 heteroatoms. The lowest BCUT2D eigenvalue weighted by Gasteiger charge is -2.36. The van der Waals surface area contributed by atoms with Gasteiger partial charge in [0.15, 0.2) is 0 Å². The highest BCUT2D eigenvalue weighted by Crippen LogP contribution is 2.54. The minimum absolute atomic E-state index is 0.145. The molecule has 2 aliphatic carbocycles. The third-order valence-corrected chi connectivity index (χ3v) is 7.16. The van der Waals surface area contributed by atoms with E-state index in [-0.39, 0.29) is 23.0 Å². The first kappa shape index (κ1) is 27.1. The first-order valence-electron chi connectivity index (χ1n) is 12.0. The molecule has 0 radical (unpaired) electrons. The summed E-state index contributed by atoms with van der Waals surface area (Å²) in [7, 11) is 0. The Balaban J connectivity index is 1.61. The van der Waals surface area contributed by atoms with Crippen LogP contribution in [0.1, 0.15) is 43.7 Å². The number of allylic oxidation sites excluding steroid dienone is 5. The van der Waals surface area contributed by atoms with Crippen molar-refractivity contribution >= 4 is 35.2 Å². The summed E-state index contributed by atoms with van der Waals surface area (Å²) in [6.45, 7) is 2.03. The van der Waals surface area contributed by atoms with Gasteiger partial charge in [0.05, 0.1) is 29.2 Å².